The van der Waals surface area contributed by atoms with Gasteiger partial charge in [0.1, 0.15) is 12.2 Å². The second-order valence-corrected chi connectivity index (χ2v) is 42.1. The molecule has 0 spiro atoms. The average Bonchev–Trinajstić information content (AvgIpc) is 3.75. The molecule has 0 bridgehead atoms. The largest absolute Gasteiger partial charge is 0.437 e. The van der Waals surface area contributed by atoms with Gasteiger partial charge in [-0.15, -0.1) is 0 Å². The molecule has 2 aliphatic heterocycles. The molecule has 2 aliphatic rings. The molecule has 47 heavy (non-hydrogen) atoms. The molecular weight excluding hydrogens is 704 g/mol. The van der Waals surface area contributed by atoms with E-state index in [1.165, 1.54) is 0 Å². The second kappa shape index (κ2) is 18.6. The molecule has 280 valence electrons. The van der Waals surface area contributed by atoms with Gasteiger partial charge >= 0.3 is 17.1 Å². The van der Waals surface area contributed by atoms with Crippen molar-refractivity contribution in [3.05, 3.63) is 0 Å². The Balaban J connectivity index is 1.67. The first-order valence-electron chi connectivity index (χ1n) is 18.0. The number of hydrogen-bond donors (Lipinski definition) is 1. The van der Waals surface area contributed by atoms with Crippen LogP contribution in [-0.4, -0.2) is 113 Å². The molecule has 2 rings (SSSR count). The lowest BCUT2D eigenvalue weighted by Gasteiger charge is -2.39. The summed E-state index contributed by atoms with van der Waals surface area (Å²) < 4.78 is 63.8. The van der Waals surface area contributed by atoms with Gasteiger partial charge in [-0.1, -0.05) is 0 Å². The Morgan fingerprint density at radius 1 is 0.553 bits per heavy atom. The maximum atomic E-state index is 15.3. The van der Waals surface area contributed by atoms with Crippen LogP contribution in [0, 0.1) is 0 Å². The van der Waals surface area contributed by atoms with E-state index in [1.54, 1.807) is 0 Å². The Labute approximate surface area is 293 Å². The second-order valence-electron chi connectivity index (χ2n) is 17.1. The lowest BCUT2D eigenvalue weighted by molar-refractivity contribution is -0.101. The SMILES string of the molecule is C[Si](C)(CCCOCC1CO1)O[Si](C)(C)O[Si](C)(C)CCCC(O)(F)CCC[Si](C)(C)O[Si](C)(C)O[Si](C)(C)CCCOCC1CO1. The summed E-state index contributed by atoms with van der Waals surface area (Å²) in [4.78, 5) is 0. The van der Waals surface area contributed by atoms with Crippen molar-refractivity contribution in [2.75, 3.05) is 39.6 Å². The highest BCUT2D eigenvalue weighted by atomic mass is 28.5. The first-order chi connectivity index (χ1) is 21.4. The van der Waals surface area contributed by atoms with Crippen LogP contribution in [0.1, 0.15) is 38.5 Å². The third-order valence-electron chi connectivity index (χ3n) is 8.31. The number of halogens is 1. The van der Waals surface area contributed by atoms with Crippen molar-refractivity contribution < 1.29 is 44.9 Å². The highest BCUT2D eigenvalue weighted by Gasteiger charge is 2.41. The van der Waals surface area contributed by atoms with E-state index in [0.717, 1.165) is 63.4 Å². The lowest BCUT2D eigenvalue weighted by atomic mass is 10.1. The van der Waals surface area contributed by atoms with Crippen molar-refractivity contribution in [2.45, 2.75) is 159 Å². The zero-order valence-electron chi connectivity index (χ0n) is 32.1. The molecule has 2 saturated heterocycles. The summed E-state index contributed by atoms with van der Waals surface area (Å²) in [6.45, 7) is 30.8. The van der Waals surface area contributed by atoms with Crippen LogP contribution in [0.3, 0.4) is 0 Å². The highest BCUT2D eigenvalue weighted by Crippen LogP contribution is 2.32. The summed E-state index contributed by atoms with van der Waals surface area (Å²) in [7, 11) is -12.7. The molecule has 0 aromatic heterocycles. The smallest absolute Gasteiger partial charge is 0.311 e. The number of epoxide rings is 2. The summed E-state index contributed by atoms with van der Waals surface area (Å²) >= 11 is 0. The quantitative estimate of drug-likeness (QED) is 0.0480. The van der Waals surface area contributed by atoms with Crippen LogP contribution >= 0.6 is 0 Å². The van der Waals surface area contributed by atoms with E-state index >= 15 is 4.39 Å². The third-order valence-corrected chi connectivity index (χ3v) is 31.3. The third kappa shape index (κ3) is 22.4. The molecule has 2 unspecified atom stereocenters. The van der Waals surface area contributed by atoms with E-state index in [-0.39, 0.29) is 12.8 Å². The van der Waals surface area contributed by atoms with Gasteiger partial charge in [0.25, 0.3) is 0 Å². The zero-order chi connectivity index (χ0) is 35.6. The van der Waals surface area contributed by atoms with E-state index in [0.29, 0.717) is 38.3 Å². The number of hydrogen-bond acceptors (Lipinski definition) is 9. The van der Waals surface area contributed by atoms with Gasteiger partial charge in [0, 0.05) is 26.1 Å². The maximum Gasteiger partial charge on any atom is 0.311 e. The normalized spacial score (nSPS) is 20.8. The van der Waals surface area contributed by atoms with Crippen LogP contribution in [0.4, 0.5) is 4.39 Å². The predicted octanol–water partition coefficient (Wildman–Crippen LogP) is 8.11. The first kappa shape index (κ1) is 44.0. The number of ether oxygens (including phenoxy) is 4. The van der Waals surface area contributed by atoms with E-state index < -0.39 is 56.2 Å². The van der Waals surface area contributed by atoms with Crippen molar-refractivity contribution in [1.29, 1.82) is 0 Å². The summed E-state index contributed by atoms with van der Waals surface area (Å²) in [5.41, 5.74) is 0. The minimum atomic E-state index is -2.35. The molecule has 2 atom stereocenters. The van der Waals surface area contributed by atoms with Gasteiger partial charge in [0.05, 0.1) is 26.4 Å². The minimum Gasteiger partial charge on any atom is -0.437 e. The molecule has 0 saturated carbocycles. The van der Waals surface area contributed by atoms with Gasteiger partial charge in [-0.2, -0.15) is 0 Å². The Kier molecular flexibility index (Phi) is 17.4. The minimum absolute atomic E-state index is 0.130. The van der Waals surface area contributed by atoms with Gasteiger partial charge in [-0.05, 0) is 128 Å². The first-order valence-corrected chi connectivity index (χ1v) is 36.1. The molecular formula is C31H71FO9Si6. The molecule has 0 radical (unpaired) electrons. The van der Waals surface area contributed by atoms with Crippen molar-refractivity contribution in [2.24, 2.45) is 0 Å². The number of aliphatic hydroxyl groups is 1. The molecule has 9 nitrogen and oxygen atoms in total. The average molecular weight is 775 g/mol. The summed E-state index contributed by atoms with van der Waals surface area (Å²) in [6, 6.07) is 3.64. The fourth-order valence-electron chi connectivity index (χ4n) is 6.56. The van der Waals surface area contributed by atoms with Gasteiger partial charge in [-0.3, -0.25) is 0 Å². The van der Waals surface area contributed by atoms with Crippen molar-refractivity contribution in [3.63, 3.8) is 0 Å². The van der Waals surface area contributed by atoms with Crippen molar-refractivity contribution in [1.82, 2.24) is 0 Å². The highest BCUT2D eigenvalue weighted by molar-refractivity contribution is 6.88. The monoisotopic (exact) mass is 774 g/mol. The Morgan fingerprint density at radius 2 is 0.830 bits per heavy atom. The molecule has 16 heteroatoms. The summed E-state index contributed by atoms with van der Waals surface area (Å²) in [5.74, 6) is -2.17. The molecule has 0 amide bonds. The van der Waals surface area contributed by atoms with Crippen LogP contribution in [0.5, 0.6) is 0 Å². The Hall–Kier alpha value is 0.871. The lowest BCUT2D eigenvalue weighted by Crippen LogP contribution is -2.52. The number of rotatable bonds is 28. The predicted molar refractivity (Wildman–Crippen MR) is 203 cm³/mol. The fourth-order valence-corrected chi connectivity index (χ4v) is 34.6. The van der Waals surface area contributed by atoms with Gasteiger partial charge in [0.15, 0.2) is 33.3 Å². The van der Waals surface area contributed by atoms with E-state index in [1.807, 2.05) is 0 Å². The van der Waals surface area contributed by atoms with Gasteiger partial charge < -0.3 is 40.5 Å². The molecule has 2 heterocycles. The number of alkyl halides is 1. The molecule has 0 aliphatic carbocycles. The maximum absolute atomic E-state index is 15.3. The molecule has 0 aromatic rings. The van der Waals surface area contributed by atoms with Crippen LogP contribution in [0.2, 0.25) is 103 Å². The van der Waals surface area contributed by atoms with E-state index in [4.69, 9.17) is 35.4 Å². The fraction of sp³-hybridized carbons (Fsp3) is 1.00. The van der Waals surface area contributed by atoms with Crippen molar-refractivity contribution in [3.8, 4) is 0 Å². The Bertz CT molecular complexity index is 846. The molecule has 0 aromatic carbocycles. The van der Waals surface area contributed by atoms with Gasteiger partial charge in [0.2, 0.25) is 5.85 Å². The van der Waals surface area contributed by atoms with Crippen LogP contribution in [0.15, 0.2) is 0 Å². The molecule has 1 N–H and O–H groups in total. The van der Waals surface area contributed by atoms with E-state index in [9.17, 15) is 5.11 Å². The topological polar surface area (TPSA) is 101 Å². The van der Waals surface area contributed by atoms with Crippen LogP contribution < -0.4 is 0 Å². The standard InChI is InChI=1S/C31H71FO9Si6/c1-42(2,38-46(9,10)40-44(5,6)23-15-19-34-25-29-27-36-29)21-13-17-31(32,33)18-14-22-43(3,4)39-47(11,12)41-45(7,8)24-16-20-35-26-30-28-37-30/h29-30,33H,13-28H2,1-12H3. The summed E-state index contributed by atoms with van der Waals surface area (Å²) in [6.07, 6.45) is 4.04. The molecule has 2 fully saturated rings. The zero-order valence-corrected chi connectivity index (χ0v) is 38.1. The van der Waals surface area contributed by atoms with Crippen LogP contribution in [0.25, 0.3) is 0 Å². The van der Waals surface area contributed by atoms with Gasteiger partial charge in [-0.25, -0.2) is 4.39 Å². The van der Waals surface area contributed by atoms with Crippen LogP contribution in [-0.2, 0) is 35.4 Å². The van der Waals surface area contributed by atoms with Crippen molar-refractivity contribution >= 4 is 50.4 Å². The van der Waals surface area contributed by atoms with E-state index in [2.05, 4.69) is 78.6 Å². The Morgan fingerprint density at radius 3 is 1.11 bits per heavy atom. The summed E-state index contributed by atoms with van der Waals surface area (Å²) in [5, 5.41) is 10.6.